The fourth-order valence-corrected chi connectivity index (χ4v) is 1.73. The van der Waals surface area contributed by atoms with Gasteiger partial charge in [0.2, 0.25) is 0 Å². The first kappa shape index (κ1) is 14.7. The number of carboxylic acids is 1. The Morgan fingerprint density at radius 2 is 2.22 bits per heavy atom. The van der Waals surface area contributed by atoms with Gasteiger partial charge in [0, 0.05) is 12.1 Å². The van der Waals surface area contributed by atoms with E-state index in [4.69, 9.17) is 9.63 Å². The molecule has 1 heterocycles. The lowest BCUT2D eigenvalue weighted by Crippen LogP contribution is -2.25. The summed E-state index contributed by atoms with van der Waals surface area (Å²) in [5.74, 6) is -0.139. The van der Waals surface area contributed by atoms with Crippen LogP contribution in [0.25, 0.3) is 0 Å². The molecule has 0 spiro atoms. The molecular formula is C13H22N2O3. The van der Waals surface area contributed by atoms with Gasteiger partial charge in [0.25, 0.3) is 0 Å². The van der Waals surface area contributed by atoms with Gasteiger partial charge in [-0.05, 0) is 26.7 Å². The summed E-state index contributed by atoms with van der Waals surface area (Å²) in [5, 5.41) is 15.9. The molecule has 5 heteroatoms. The number of nitrogens with zero attached hydrogens (tertiary/aromatic N) is 1. The van der Waals surface area contributed by atoms with Crippen LogP contribution in [0, 0.1) is 12.8 Å². The molecule has 2 atom stereocenters. The molecule has 0 aromatic carbocycles. The van der Waals surface area contributed by atoms with E-state index in [1.807, 2.05) is 13.0 Å². The Morgan fingerprint density at radius 1 is 1.50 bits per heavy atom. The number of aromatic nitrogens is 1. The minimum absolute atomic E-state index is 0.255. The van der Waals surface area contributed by atoms with E-state index in [-0.39, 0.29) is 5.92 Å². The highest BCUT2D eigenvalue weighted by molar-refractivity contribution is 5.69. The predicted molar refractivity (Wildman–Crippen MR) is 68.2 cm³/mol. The van der Waals surface area contributed by atoms with E-state index in [1.165, 1.54) is 0 Å². The minimum atomic E-state index is -0.715. The van der Waals surface area contributed by atoms with Crippen molar-refractivity contribution in [3.63, 3.8) is 0 Å². The highest BCUT2D eigenvalue weighted by Crippen LogP contribution is 2.10. The molecule has 0 saturated heterocycles. The Kier molecular flexibility index (Phi) is 5.85. The van der Waals surface area contributed by atoms with E-state index in [9.17, 15) is 4.79 Å². The maximum Gasteiger partial charge on any atom is 0.306 e. The van der Waals surface area contributed by atoms with Crippen LogP contribution in [0.15, 0.2) is 10.6 Å². The fourth-order valence-electron chi connectivity index (χ4n) is 1.73. The summed E-state index contributed by atoms with van der Waals surface area (Å²) < 4.78 is 5.10. The van der Waals surface area contributed by atoms with Crippen molar-refractivity contribution in [3.05, 3.63) is 17.5 Å². The molecule has 0 aliphatic heterocycles. The first-order valence-electron chi connectivity index (χ1n) is 6.37. The number of carboxylic acid groups (broad SMARTS) is 1. The van der Waals surface area contributed by atoms with Crippen molar-refractivity contribution >= 4 is 5.97 Å². The number of carbonyl (C=O) groups is 1. The summed E-state index contributed by atoms with van der Waals surface area (Å²) in [6.07, 6.45) is 2.60. The smallest absolute Gasteiger partial charge is 0.306 e. The van der Waals surface area contributed by atoms with E-state index in [2.05, 4.69) is 17.4 Å². The molecule has 0 amide bonds. The second-order valence-electron chi connectivity index (χ2n) is 4.89. The number of hydrogen-bond donors (Lipinski definition) is 2. The lowest BCUT2D eigenvalue weighted by molar-refractivity contribution is -0.141. The minimum Gasteiger partial charge on any atom is -0.481 e. The summed E-state index contributed by atoms with van der Waals surface area (Å²) in [5.41, 5.74) is 0.884. The van der Waals surface area contributed by atoms with Crippen molar-refractivity contribution in [2.75, 3.05) is 0 Å². The van der Waals surface area contributed by atoms with Gasteiger partial charge in [0.1, 0.15) is 0 Å². The summed E-state index contributed by atoms with van der Waals surface area (Å²) in [4.78, 5) is 10.7. The number of aliphatic carboxylic acids is 1. The van der Waals surface area contributed by atoms with Gasteiger partial charge >= 0.3 is 5.97 Å². The molecule has 1 aromatic rings. The van der Waals surface area contributed by atoms with E-state index < -0.39 is 5.97 Å². The van der Waals surface area contributed by atoms with Gasteiger partial charge in [-0.1, -0.05) is 18.5 Å². The van der Waals surface area contributed by atoms with Gasteiger partial charge in [-0.2, -0.15) is 0 Å². The van der Waals surface area contributed by atoms with Gasteiger partial charge in [-0.15, -0.1) is 0 Å². The monoisotopic (exact) mass is 254 g/mol. The van der Waals surface area contributed by atoms with Crippen molar-refractivity contribution in [1.29, 1.82) is 0 Å². The van der Waals surface area contributed by atoms with E-state index in [0.29, 0.717) is 12.6 Å². The zero-order chi connectivity index (χ0) is 13.5. The van der Waals surface area contributed by atoms with Crippen LogP contribution in [0.4, 0.5) is 0 Å². The number of nitrogens with one attached hydrogen (secondary N) is 1. The SMILES string of the molecule is Cc1cc(CNC(C)CCCC(C)C(=O)O)on1. The number of aryl methyl sites for hydroxylation is 1. The molecule has 5 nitrogen and oxygen atoms in total. The molecule has 0 bridgehead atoms. The summed E-state index contributed by atoms with van der Waals surface area (Å²) in [6.45, 7) is 6.40. The van der Waals surface area contributed by atoms with Crippen molar-refractivity contribution in [1.82, 2.24) is 10.5 Å². The molecule has 2 N–H and O–H groups in total. The first-order chi connectivity index (χ1) is 8.49. The van der Waals surface area contributed by atoms with Crippen LogP contribution in [0.3, 0.4) is 0 Å². The normalized spacial score (nSPS) is 14.4. The van der Waals surface area contributed by atoms with Crippen molar-refractivity contribution in [2.24, 2.45) is 5.92 Å². The lowest BCUT2D eigenvalue weighted by Gasteiger charge is -2.13. The highest BCUT2D eigenvalue weighted by Gasteiger charge is 2.11. The van der Waals surface area contributed by atoms with E-state index in [1.54, 1.807) is 6.92 Å². The second-order valence-corrected chi connectivity index (χ2v) is 4.89. The largest absolute Gasteiger partial charge is 0.481 e. The molecular weight excluding hydrogens is 232 g/mol. The Bertz CT molecular complexity index is 376. The summed E-state index contributed by atoms with van der Waals surface area (Å²) >= 11 is 0. The zero-order valence-corrected chi connectivity index (χ0v) is 11.3. The lowest BCUT2D eigenvalue weighted by atomic mass is 10.0. The van der Waals surface area contributed by atoms with Crippen molar-refractivity contribution < 1.29 is 14.4 Å². The molecule has 102 valence electrons. The molecule has 0 fully saturated rings. The first-order valence-corrected chi connectivity index (χ1v) is 6.37. The van der Waals surface area contributed by atoms with Crippen LogP contribution in [0.2, 0.25) is 0 Å². The average Bonchev–Trinajstić information content (AvgIpc) is 2.72. The zero-order valence-electron chi connectivity index (χ0n) is 11.3. The van der Waals surface area contributed by atoms with Crippen LogP contribution < -0.4 is 5.32 Å². The van der Waals surface area contributed by atoms with Gasteiger partial charge in [0.05, 0.1) is 18.2 Å². The average molecular weight is 254 g/mol. The molecule has 0 aliphatic rings. The molecule has 1 rings (SSSR count). The Morgan fingerprint density at radius 3 is 2.78 bits per heavy atom. The summed E-state index contributed by atoms with van der Waals surface area (Å²) in [6, 6.07) is 2.25. The molecule has 18 heavy (non-hydrogen) atoms. The van der Waals surface area contributed by atoms with E-state index in [0.717, 1.165) is 30.7 Å². The van der Waals surface area contributed by atoms with Gasteiger partial charge in [-0.25, -0.2) is 0 Å². The predicted octanol–water partition coefficient (Wildman–Crippen LogP) is 2.35. The second kappa shape index (κ2) is 7.16. The molecule has 0 saturated carbocycles. The van der Waals surface area contributed by atoms with Crippen LogP contribution in [0.1, 0.15) is 44.6 Å². The van der Waals surface area contributed by atoms with Crippen LogP contribution in [0.5, 0.6) is 0 Å². The number of rotatable bonds is 8. The van der Waals surface area contributed by atoms with Crippen LogP contribution in [-0.2, 0) is 11.3 Å². The maximum absolute atomic E-state index is 10.7. The third-order valence-electron chi connectivity index (χ3n) is 3.00. The summed E-state index contributed by atoms with van der Waals surface area (Å²) in [7, 11) is 0. The third-order valence-corrected chi connectivity index (χ3v) is 3.00. The molecule has 2 unspecified atom stereocenters. The van der Waals surface area contributed by atoms with Crippen LogP contribution in [-0.4, -0.2) is 22.3 Å². The molecule has 0 radical (unpaired) electrons. The standard InChI is InChI=1S/C13H22N2O3/c1-9(13(16)17)5-4-6-10(2)14-8-12-7-11(3)15-18-12/h7,9-10,14H,4-6,8H2,1-3H3,(H,16,17). The highest BCUT2D eigenvalue weighted by atomic mass is 16.5. The Labute approximate surface area is 108 Å². The Balaban J connectivity index is 2.14. The van der Waals surface area contributed by atoms with E-state index >= 15 is 0 Å². The quantitative estimate of drug-likeness (QED) is 0.744. The van der Waals surface area contributed by atoms with Crippen molar-refractivity contribution in [2.45, 2.75) is 52.6 Å². The van der Waals surface area contributed by atoms with Gasteiger partial charge in [-0.3, -0.25) is 4.79 Å². The Hall–Kier alpha value is -1.36. The maximum atomic E-state index is 10.7. The molecule has 1 aromatic heterocycles. The molecule has 0 aliphatic carbocycles. The number of hydrogen-bond acceptors (Lipinski definition) is 4. The van der Waals surface area contributed by atoms with Crippen molar-refractivity contribution in [3.8, 4) is 0 Å². The van der Waals surface area contributed by atoms with Crippen LogP contribution >= 0.6 is 0 Å². The van der Waals surface area contributed by atoms with Gasteiger partial charge < -0.3 is 14.9 Å². The third kappa shape index (κ3) is 5.31. The fraction of sp³-hybridized carbons (Fsp3) is 0.692. The van der Waals surface area contributed by atoms with Gasteiger partial charge in [0.15, 0.2) is 5.76 Å². The topological polar surface area (TPSA) is 75.4 Å².